The second kappa shape index (κ2) is 7.01. The highest BCUT2D eigenvalue weighted by atomic mass is 16.5. The van der Waals surface area contributed by atoms with Gasteiger partial charge in [-0.15, -0.1) is 0 Å². The number of carbonyl (C=O) groups excluding carboxylic acids is 1. The summed E-state index contributed by atoms with van der Waals surface area (Å²) in [5.74, 6) is 0.675. The maximum atomic E-state index is 11.4. The minimum Gasteiger partial charge on any atom is -0.483 e. The standard InChI is InChI=1S/C14H22N2O2/c1-4-16-13(17)9-18-14-10(2)6-5-7-12(14)8-11(3)15/h5-7,11H,4,8-9,15H2,1-3H3,(H,16,17). The molecule has 0 saturated heterocycles. The van der Waals surface area contributed by atoms with Crippen molar-refractivity contribution in [3.8, 4) is 5.75 Å². The Morgan fingerprint density at radius 1 is 1.50 bits per heavy atom. The molecule has 0 saturated carbocycles. The summed E-state index contributed by atoms with van der Waals surface area (Å²) < 4.78 is 5.62. The molecular formula is C14H22N2O2. The minimum atomic E-state index is -0.104. The molecule has 4 heteroatoms. The zero-order valence-corrected chi connectivity index (χ0v) is 11.3. The predicted molar refractivity (Wildman–Crippen MR) is 72.7 cm³/mol. The number of hydrogen-bond donors (Lipinski definition) is 2. The van der Waals surface area contributed by atoms with Crippen molar-refractivity contribution in [2.75, 3.05) is 13.2 Å². The fraction of sp³-hybridized carbons (Fsp3) is 0.500. The van der Waals surface area contributed by atoms with E-state index in [1.165, 1.54) is 0 Å². The van der Waals surface area contributed by atoms with Gasteiger partial charge in [0.25, 0.3) is 5.91 Å². The van der Waals surface area contributed by atoms with Crippen LogP contribution in [0.4, 0.5) is 0 Å². The van der Waals surface area contributed by atoms with Crippen LogP contribution in [-0.4, -0.2) is 25.1 Å². The van der Waals surface area contributed by atoms with Gasteiger partial charge in [0, 0.05) is 12.6 Å². The maximum Gasteiger partial charge on any atom is 0.257 e. The van der Waals surface area contributed by atoms with Crippen molar-refractivity contribution in [2.45, 2.75) is 33.2 Å². The van der Waals surface area contributed by atoms with Crippen LogP contribution in [0.1, 0.15) is 25.0 Å². The first-order valence-electron chi connectivity index (χ1n) is 6.28. The Kier molecular flexibility index (Phi) is 5.65. The van der Waals surface area contributed by atoms with E-state index >= 15 is 0 Å². The normalized spacial score (nSPS) is 12.0. The summed E-state index contributed by atoms with van der Waals surface area (Å²) >= 11 is 0. The van der Waals surface area contributed by atoms with Gasteiger partial charge in [-0.1, -0.05) is 18.2 Å². The van der Waals surface area contributed by atoms with Crippen LogP contribution in [0.5, 0.6) is 5.75 Å². The number of likely N-dealkylation sites (N-methyl/N-ethyl adjacent to an activating group) is 1. The molecule has 0 aromatic heterocycles. The van der Waals surface area contributed by atoms with Crippen molar-refractivity contribution >= 4 is 5.91 Å². The fourth-order valence-corrected chi connectivity index (χ4v) is 1.81. The lowest BCUT2D eigenvalue weighted by Crippen LogP contribution is -2.29. The van der Waals surface area contributed by atoms with Gasteiger partial charge in [0.15, 0.2) is 6.61 Å². The summed E-state index contributed by atoms with van der Waals surface area (Å²) in [4.78, 5) is 11.4. The molecule has 0 bridgehead atoms. The maximum absolute atomic E-state index is 11.4. The molecule has 0 aliphatic heterocycles. The Bertz CT molecular complexity index is 403. The average Bonchev–Trinajstić information content (AvgIpc) is 2.28. The van der Waals surface area contributed by atoms with Crippen molar-refractivity contribution in [3.63, 3.8) is 0 Å². The summed E-state index contributed by atoms with van der Waals surface area (Å²) in [6.45, 7) is 6.47. The SMILES string of the molecule is CCNC(=O)COc1c(C)cccc1CC(C)N. The third kappa shape index (κ3) is 4.37. The average molecular weight is 250 g/mol. The van der Waals surface area contributed by atoms with E-state index < -0.39 is 0 Å². The van der Waals surface area contributed by atoms with Gasteiger partial charge in [-0.25, -0.2) is 0 Å². The van der Waals surface area contributed by atoms with Gasteiger partial charge in [-0.2, -0.15) is 0 Å². The molecule has 0 radical (unpaired) electrons. The lowest BCUT2D eigenvalue weighted by molar-refractivity contribution is -0.122. The number of nitrogens with two attached hydrogens (primary N) is 1. The molecule has 0 heterocycles. The number of amides is 1. The molecule has 1 amide bonds. The molecule has 0 spiro atoms. The van der Waals surface area contributed by atoms with Gasteiger partial charge in [0.05, 0.1) is 0 Å². The van der Waals surface area contributed by atoms with E-state index in [0.29, 0.717) is 6.54 Å². The number of para-hydroxylation sites is 1. The highest BCUT2D eigenvalue weighted by Crippen LogP contribution is 2.24. The molecule has 1 aromatic carbocycles. The van der Waals surface area contributed by atoms with E-state index in [1.807, 2.05) is 39.0 Å². The molecule has 0 aliphatic carbocycles. The molecule has 3 N–H and O–H groups in total. The number of carbonyl (C=O) groups is 1. The van der Waals surface area contributed by atoms with Gasteiger partial charge in [-0.3, -0.25) is 4.79 Å². The molecular weight excluding hydrogens is 228 g/mol. The third-order valence-electron chi connectivity index (χ3n) is 2.56. The number of nitrogens with one attached hydrogen (secondary N) is 1. The monoisotopic (exact) mass is 250 g/mol. The molecule has 4 nitrogen and oxygen atoms in total. The number of hydrogen-bond acceptors (Lipinski definition) is 3. The van der Waals surface area contributed by atoms with Gasteiger partial charge < -0.3 is 15.8 Å². The third-order valence-corrected chi connectivity index (χ3v) is 2.56. The number of aryl methyl sites for hydroxylation is 1. The molecule has 1 unspecified atom stereocenters. The van der Waals surface area contributed by atoms with E-state index in [1.54, 1.807) is 0 Å². The highest BCUT2D eigenvalue weighted by Gasteiger charge is 2.10. The van der Waals surface area contributed by atoms with E-state index in [4.69, 9.17) is 10.5 Å². The first-order chi connectivity index (χ1) is 8.54. The first kappa shape index (κ1) is 14.5. The molecule has 18 heavy (non-hydrogen) atoms. The van der Waals surface area contributed by atoms with E-state index in [9.17, 15) is 4.79 Å². The van der Waals surface area contributed by atoms with Crippen LogP contribution >= 0.6 is 0 Å². The summed E-state index contributed by atoms with van der Waals surface area (Å²) in [6.07, 6.45) is 0.742. The Labute approximate surface area is 109 Å². The van der Waals surface area contributed by atoms with Crippen LogP contribution < -0.4 is 15.8 Å². The van der Waals surface area contributed by atoms with Crippen LogP contribution in [0.2, 0.25) is 0 Å². The van der Waals surface area contributed by atoms with Gasteiger partial charge in [-0.05, 0) is 38.3 Å². The second-order valence-electron chi connectivity index (χ2n) is 4.49. The second-order valence-corrected chi connectivity index (χ2v) is 4.49. The number of benzene rings is 1. The van der Waals surface area contributed by atoms with Crippen molar-refractivity contribution < 1.29 is 9.53 Å². The zero-order chi connectivity index (χ0) is 13.5. The van der Waals surface area contributed by atoms with Crippen molar-refractivity contribution in [1.82, 2.24) is 5.32 Å². The lowest BCUT2D eigenvalue weighted by atomic mass is 10.0. The predicted octanol–water partition coefficient (Wildman–Crippen LogP) is 1.40. The summed E-state index contributed by atoms with van der Waals surface area (Å²) in [5, 5.41) is 2.71. The molecule has 1 rings (SSSR count). The van der Waals surface area contributed by atoms with Crippen LogP contribution in [0.3, 0.4) is 0 Å². The smallest absolute Gasteiger partial charge is 0.257 e. The molecule has 100 valence electrons. The number of ether oxygens (including phenoxy) is 1. The van der Waals surface area contributed by atoms with Crippen LogP contribution in [-0.2, 0) is 11.2 Å². The van der Waals surface area contributed by atoms with E-state index in [0.717, 1.165) is 23.3 Å². The van der Waals surface area contributed by atoms with Crippen LogP contribution in [0.25, 0.3) is 0 Å². The summed E-state index contributed by atoms with van der Waals surface area (Å²) in [7, 11) is 0. The number of rotatable bonds is 6. The zero-order valence-electron chi connectivity index (χ0n) is 11.3. The van der Waals surface area contributed by atoms with Gasteiger partial charge >= 0.3 is 0 Å². The molecule has 0 fully saturated rings. The summed E-state index contributed by atoms with van der Waals surface area (Å²) in [5.41, 5.74) is 7.89. The fourth-order valence-electron chi connectivity index (χ4n) is 1.81. The van der Waals surface area contributed by atoms with Crippen LogP contribution in [0.15, 0.2) is 18.2 Å². The summed E-state index contributed by atoms with van der Waals surface area (Å²) in [6, 6.07) is 6.01. The molecule has 0 aliphatic rings. The first-order valence-corrected chi connectivity index (χ1v) is 6.28. The van der Waals surface area contributed by atoms with Crippen molar-refractivity contribution in [2.24, 2.45) is 5.73 Å². The molecule has 1 aromatic rings. The van der Waals surface area contributed by atoms with Crippen molar-refractivity contribution in [3.05, 3.63) is 29.3 Å². The van der Waals surface area contributed by atoms with Gasteiger partial charge in [0.1, 0.15) is 5.75 Å². The Morgan fingerprint density at radius 3 is 2.83 bits per heavy atom. The largest absolute Gasteiger partial charge is 0.483 e. The van der Waals surface area contributed by atoms with Crippen molar-refractivity contribution in [1.29, 1.82) is 0 Å². The topological polar surface area (TPSA) is 64.3 Å². The van der Waals surface area contributed by atoms with E-state index in [2.05, 4.69) is 5.32 Å². The quantitative estimate of drug-likeness (QED) is 0.802. The Morgan fingerprint density at radius 2 is 2.22 bits per heavy atom. The van der Waals surface area contributed by atoms with Crippen LogP contribution in [0, 0.1) is 6.92 Å². The van der Waals surface area contributed by atoms with Gasteiger partial charge in [0.2, 0.25) is 0 Å². The van der Waals surface area contributed by atoms with E-state index in [-0.39, 0.29) is 18.6 Å². The lowest BCUT2D eigenvalue weighted by Gasteiger charge is -2.15. The molecule has 1 atom stereocenters. The Hall–Kier alpha value is -1.55. The minimum absolute atomic E-state index is 0.0463. The highest BCUT2D eigenvalue weighted by molar-refractivity contribution is 5.77. The Balaban J connectivity index is 2.76.